The van der Waals surface area contributed by atoms with Gasteiger partial charge in [0.05, 0.1) is 16.0 Å². The van der Waals surface area contributed by atoms with E-state index in [9.17, 15) is 13.2 Å². The molecule has 0 fully saturated rings. The number of sulfonamides is 1. The van der Waals surface area contributed by atoms with Crippen LogP contribution < -0.4 is 10.1 Å². The van der Waals surface area contributed by atoms with Crippen LogP contribution in [0, 0.1) is 0 Å². The van der Waals surface area contributed by atoms with Crippen LogP contribution in [0.4, 0.5) is 5.13 Å². The Morgan fingerprint density at radius 3 is 2.82 bits per heavy atom. The van der Waals surface area contributed by atoms with Crippen molar-refractivity contribution in [2.24, 2.45) is 0 Å². The average Bonchev–Trinajstić information content (AvgIpc) is 3.02. The molecule has 152 valence electrons. The zero-order valence-corrected chi connectivity index (χ0v) is 18.4. The first kappa shape index (κ1) is 21.3. The van der Waals surface area contributed by atoms with Crippen molar-refractivity contribution < 1.29 is 17.9 Å². The normalized spacial score (nSPS) is 14.8. The van der Waals surface area contributed by atoms with E-state index in [0.29, 0.717) is 33.9 Å². The number of fused-ring (bicyclic) bond motifs is 1. The Hall–Kier alpha value is -1.39. The van der Waals surface area contributed by atoms with Gasteiger partial charge in [0.2, 0.25) is 10.0 Å². The van der Waals surface area contributed by atoms with E-state index in [-0.39, 0.29) is 19.1 Å². The zero-order valence-electron chi connectivity index (χ0n) is 15.2. The van der Waals surface area contributed by atoms with E-state index >= 15 is 0 Å². The maximum absolute atomic E-state index is 12.4. The van der Waals surface area contributed by atoms with E-state index in [2.05, 4.69) is 10.3 Å². The molecule has 0 saturated heterocycles. The molecule has 2 heterocycles. The highest BCUT2D eigenvalue weighted by Gasteiger charge is 2.31. The van der Waals surface area contributed by atoms with Crippen LogP contribution in [0.15, 0.2) is 18.2 Å². The largest absolute Gasteiger partial charge is 0.482 e. The molecule has 0 spiro atoms. The highest BCUT2D eigenvalue weighted by atomic mass is 35.5. The summed E-state index contributed by atoms with van der Waals surface area (Å²) in [5, 5.41) is 3.42. The third-order valence-electron chi connectivity index (χ3n) is 4.15. The van der Waals surface area contributed by atoms with Gasteiger partial charge in [0.1, 0.15) is 5.75 Å². The lowest BCUT2D eigenvalue weighted by molar-refractivity contribution is -0.118. The minimum absolute atomic E-state index is 0.237. The Bertz CT molecular complexity index is 992. The van der Waals surface area contributed by atoms with Gasteiger partial charge < -0.3 is 4.74 Å². The number of carbonyl (C=O) groups is 1. The van der Waals surface area contributed by atoms with Crippen LogP contribution in [-0.2, 0) is 27.8 Å². The summed E-state index contributed by atoms with van der Waals surface area (Å²) in [5.74, 6) is -0.0297. The van der Waals surface area contributed by atoms with E-state index in [0.717, 1.165) is 10.6 Å². The third-order valence-corrected chi connectivity index (χ3v) is 7.90. The maximum atomic E-state index is 12.4. The highest BCUT2D eigenvalue weighted by molar-refractivity contribution is 7.89. The summed E-state index contributed by atoms with van der Waals surface area (Å²) in [6.45, 7) is 3.76. The molecule has 3 rings (SSSR count). The van der Waals surface area contributed by atoms with Crippen LogP contribution in [0.5, 0.6) is 5.75 Å². The first-order valence-corrected chi connectivity index (χ1v) is 11.6. The van der Waals surface area contributed by atoms with Crippen molar-refractivity contribution in [2.45, 2.75) is 32.1 Å². The second-order valence-electron chi connectivity index (χ2n) is 6.48. The summed E-state index contributed by atoms with van der Waals surface area (Å²) in [6, 6.07) is 4.73. The van der Waals surface area contributed by atoms with Gasteiger partial charge in [-0.1, -0.05) is 23.2 Å². The predicted molar refractivity (Wildman–Crippen MR) is 111 cm³/mol. The number of carbonyl (C=O) groups excluding carboxylic acids is 1. The lowest BCUT2D eigenvalue weighted by Gasteiger charge is -2.26. The maximum Gasteiger partial charge on any atom is 0.264 e. The van der Waals surface area contributed by atoms with Gasteiger partial charge in [0.25, 0.3) is 5.91 Å². The molecule has 0 saturated carbocycles. The topological polar surface area (TPSA) is 88.6 Å². The molecular weight excluding hydrogens is 445 g/mol. The number of amides is 1. The van der Waals surface area contributed by atoms with Crippen LogP contribution in [-0.4, -0.2) is 42.0 Å². The number of hydrogen-bond donors (Lipinski definition) is 1. The number of rotatable bonds is 6. The van der Waals surface area contributed by atoms with Crippen LogP contribution >= 0.6 is 34.5 Å². The molecule has 28 heavy (non-hydrogen) atoms. The first-order chi connectivity index (χ1) is 13.2. The minimum atomic E-state index is -3.32. The number of nitrogens with zero attached hydrogens (tertiary/aromatic N) is 2. The second kappa shape index (κ2) is 8.54. The number of ether oxygens (including phenoxy) is 1. The number of hydrogen-bond acceptors (Lipinski definition) is 6. The zero-order chi connectivity index (χ0) is 20.5. The minimum Gasteiger partial charge on any atom is -0.482 e. The number of thiazole rings is 1. The lowest BCUT2D eigenvalue weighted by atomic mass is 10.2. The highest BCUT2D eigenvalue weighted by Crippen LogP contribution is 2.30. The van der Waals surface area contributed by atoms with Crippen molar-refractivity contribution >= 4 is 55.6 Å². The summed E-state index contributed by atoms with van der Waals surface area (Å²) < 4.78 is 31.6. The molecule has 1 aromatic heterocycles. The number of benzene rings is 1. The van der Waals surface area contributed by atoms with Crippen molar-refractivity contribution in [2.75, 3.05) is 18.5 Å². The fourth-order valence-corrected chi connectivity index (χ4v) is 5.47. The van der Waals surface area contributed by atoms with Gasteiger partial charge in [-0.25, -0.2) is 13.4 Å². The molecule has 0 aliphatic carbocycles. The van der Waals surface area contributed by atoms with E-state index in [1.54, 1.807) is 26.0 Å². The van der Waals surface area contributed by atoms with Gasteiger partial charge >= 0.3 is 0 Å². The summed E-state index contributed by atoms with van der Waals surface area (Å²) in [6.07, 6.45) is 0.518. The Morgan fingerprint density at radius 1 is 1.39 bits per heavy atom. The number of halogens is 2. The monoisotopic (exact) mass is 463 g/mol. The smallest absolute Gasteiger partial charge is 0.264 e. The second-order valence-corrected chi connectivity index (χ2v) is 10.9. The van der Waals surface area contributed by atoms with E-state index in [1.807, 2.05) is 0 Å². The summed E-state index contributed by atoms with van der Waals surface area (Å²) >= 11 is 13.1. The molecule has 2 aromatic rings. The van der Waals surface area contributed by atoms with Crippen molar-refractivity contribution in [3.63, 3.8) is 0 Å². The van der Waals surface area contributed by atoms with Gasteiger partial charge in [0.15, 0.2) is 11.7 Å². The Morgan fingerprint density at radius 2 is 2.14 bits per heavy atom. The van der Waals surface area contributed by atoms with Crippen molar-refractivity contribution in [1.82, 2.24) is 9.29 Å². The SMILES string of the molecule is CC(C)S(=O)(=O)N1CCc2nc(NC(=O)COc3ccc(Cl)cc3Cl)sc2C1. The van der Waals surface area contributed by atoms with Crippen molar-refractivity contribution in [3.8, 4) is 5.75 Å². The molecule has 1 amide bonds. The van der Waals surface area contributed by atoms with Crippen LogP contribution in [0.25, 0.3) is 0 Å². The van der Waals surface area contributed by atoms with Crippen LogP contribution in [0.3, 0.4) is 0 Å². The first-order valence-electron chi connectivity index (χ1n) is 8.52. The number of aromatic nitrogens is 1. The molecule has 0 atom stereocenters. The molecule has 1 N–H and O–H groups in total. The average molecular weight is 464 g/mol. The van der Waals surface area contributed by atoms with E-state index < -0.39 is 15.3 Å². The predicted octanol–water partition coefficient (Wildman–Crippen LogP) is 3.56. The van der Waals surface area contributed by atoms with E-state index in [4.69, 9.17) is 27.9 Å². The standard InChI is InChI=1S/C17H19Cl2N3O4S2/c1-10(2)28(24,25)22-6-5-13-15(8-22)27-17(20-13)21-16(23)9-26-14-4-3-11(18)7-12(14)19/h3-4,7,10H,5-6,8-9H2,1-2H3,(H,20,21,23). The van der Waals surface area contributed by atoms with Crippen LogP contribution in [0.2, 0.25) is 10.0 Å². The summed E-state index contributed by atoms with van der Waals surface area (Å²) in [4.78, 5) is 17.4. The fraction of sp³-hybridized carbons (Fsp3) is 0.412. The Labute approximate surface area is 177 Å². The van der Waals surface area contributed by atoms with Gasteiger partial charge in [-0.2, -0.15) is 4.31 Å². The van der Waals surface area contributed by atoms with Crippen molar-refractivity contribution in [3.05, 3.63) is 38.8 Å². The Balaban J connectivity index is 1.61. The van der Waals surface area contributed by atoms with Gasteiger partial charge in [-0.05, 0) is 32.0 Å². The summed E-state index contributed by atoms with van der Waals surface area (Å²) in [5.41, 5.74) is 0.817. The molecule has 7 nitrogen and oxygen atoms in total. The Kier molecular flexibility index (Phi) is 6.51. The van der Waals surface area contributed by atoms with Crippen LogP contribution in [0.1, 0.15) is 24.4 Å². The number of anilines is 1. The molecule has 1 aliphatic heterocycles. The van der Waals surface area contributed by atoms with Gasteiger partial charge in [-0.15, -0.1) is 11.3 Å². The lowest BCUT2D eigenvalue weighted by Crippen LogP contribution is -2.39. The van der Waals surface area contributed by atoms with Crippen molar-refractivity contribution in [1.29, 1.82) is 0 Å². The van der Waals surface area contributed by atoms with Gasteiger partial charge in [0, 0.05) is 29.4 Å². The molecule has 0 unspecified atom stereocenters. The third kappa shape index (κ3) is 4.77. The summed E-state index contributed by atoms with van der Waals surface area (Å²) in [7, 11) is -3.32. The fourth-order valence-electron chi connectivity index (χ4n) is 2.63. The quantitative estimate of drug-likeness (QED) is 0.706. The molecular formula is C17H19Cl2N3O4S2. The van der Waals surface area contributed by atoms with E-state index in [1.165, 1.54) is 21.7 Å². The molecule has 0 bridgehead atoms. The van der Waals surface area contributed by atoms with Gasteiger partial charge in [-0.3, -0.25) is 10.1 Å². The number of nitrogens with one attached hydrogen (secondary N) is 1. The molecule has 1 aliphatic rings. The molecule has 1 aromatic carbocycles. The molecule has 11 heteroatoms. The molecule has 0 radical (unpaired) electrons.